The molecule has 0 bridgehead atoms. The maximum absolute atomic E-state index is 6.31. The van der Waals surface area contributed by atoms with E-state index in [1.165, 1.54) is 4.88 Å². The Morgan fingerprint density at radius 3 is 2.83 bits per heavy atom. The van der Waals surface area contributed by atoms with Crippen LogP contribution in [-0.2, 0) is 13.5 Å². The number of halogens is 1. The summed E-state index contributed by atoms with van der Waals surface area (Å²) in [6.07, 6.45) is 0.866. The minimum Gasteiger partial charge on any atom is -0.309 e. The van der Waals surface area contributed by atoms with Crippen LogP contribution in [0, 0.1) is 6.92 Å². The Hall–Kier alpha value is -0.840. The monoisotopic (exact) mass is 283 g/mol. The number of aryl methyl sites for hydroxylation is 2. The summed E-state index contributed by atoms with van der Waals surface area (Å²) < 4.78 is 1.88. The summed E-state index contributed by atoms with van der Waals surface area (Å²) in [4.78, 5) is 1.34. The first kappa shape index (κ1) is 13.6. The Morgan fingerprint density at radius 2 is 2.33 bits per heavy atom. The van der Waals surface area contributed by atoms with Crippen molar-refractivity contribution in [3.8, 4) is 0 Å². The van der Waals surface area contributed by atoms with Gasteiger partial charge in [-0.1, -0.05) is 24.6 Å². The van der Waals surface area contributed by atoms with Crippen molar-refractivity contribution in [3.05, 3.63) is 38.8 Å². The van der Waals surface area contributed by atoms with Crippen LogP contribution in [0.15, 0.2) is 17.5 Å². The van der Waals surface area contributed by atoms with Gasteiger partial charge in [0.1, 0.15) is 0 Å². The fourth-order valence-corrected chi connectivity index (χ4v) is 3.14. The number of thiophene rings is 1. The Bertz CT molecular complexity index is 505. The normalized spacial score (nSPS) is 12.9. The van der Waals surface area contributed by atoms with Gasteiger partial charge in [0.15, 0.2) is 0 Å². The molecule has 2 aromatic heterocycles. The molecule has 3 nitrogen and oxygen atoms in total. The molecule has 5 heteroatoms. The van der Waals surface area contributed by atoms with Gasteiger partial charge < -0.3 is 5.32 Å². The van der Waals surface area contributed by atoms with Gasteiger partial charge in [0.05, 0.1) is 16.4 Å². The lowest BCUT2D eigenvalue weighted by molar-refractivity contribution is 0.536. The van der Waals surface area contributed by atoms with Crippen LogP contribution >= 0.6 is 22.9 Å². The third-order valence-electron chi connectivity index (χ3n) is 3.00. The van der Waals surface area contributed by atoms with Crippen LogP contribution in [0.4, 0.5) is 0 Å². The maximum Gasteiger partial charge on any atom is 0.0847 e. The molecule has 1 unspecified atom stereocenters. The Balaban J connectivity index is 2.24. The lowest BCUT2D eigenvalue weighted by Gasteiger charge is -2.16. The third kappa shape index (κ3) is 2.76. The minimum absolute atomic E-state index is 0.308. The number of hydrogen-bond donors (Lipinski definition) is 1. The van der Waals surface area contributed by atoms with Crippen molar-refractivity contribution >= 4 is 22.9 Å². The fraction of sp³-hybridized carbons (Fsp3) is 0.462. The highest BCUT2D eigenvalue weighted by Crippen LogP contribution is 2.27. The highest BCUT2D eigenvalue weighted by Gasteiger charge is 2.18. The molecule has 2 rings (SSSR count). The number of nitrogens with one attached hydrogen (secondary N) is 1. The van der Waals surface area contributed by atoms with Crippen LogP contribution in [0.2, 0.25) is 5.02 Å². The molecule has 0 spiro atoms. The molecule has 0 saturated carbocycles. The standard InChI is InChI=1S/C13H18ClN3S/c1-4-15-10(12-6-5-7-18-12)8-11-13(14)9(2)16-17(11)3/h5-7,10,15H,4,8H2,1-3H3. The minimum atomic E-state index is 0.308. The first-order valence-corrected chi connectivity index (χ1v) is 7.34. The van der Waals surface area contributed by atoms with E-state index in [1.54, 1.807) is 11.3 Å². The SMILES string of the molecule is CCNC(Cc1c(Cl)c(C)nn1C)c1cccs1. The van der Waals surface area contributed by atoms with E-state index in [4.69, 9.17) is 11.6 Å². The largest absolute Gasteiger partial charge is 0.309 e. The summed E-state index contributed by atoms with van der Waals surface area (Å²) >= 11 is 8.09. The summed E-state index contributed by atoms with van der Waals surface area (Å²) in [6, 6.07) is 4.55. The van der Waals surface area contributed by atoms with Crippen molar-refractivity contribution in [2.24, 2.45) is 7.05 Å². The van der Waals surface area contributed by atoms with E-state index in [2.05, 4.69) is 34.9 Å². The second-order valence-electron chi connectivity index (χ2n) is 4.30. The van der Waals surface area contributed by atoms with Gasteiger partial charge in [0, 0.05) is 24.4 Å². The molecule has 0 amide bonds. The topological polar surface area (TPSA) is 29.9 Å². The summed E-state index contributed by atoms with van der Waals surface area (Å²) in [5.74, 6) is 0. The zero-order valence-corrected chi connectivity index (χ0v) is 12.5. The van der Waals surface area contributed by atoms with E-state index >= 15 is 0 Å². The summed E-state index contributed by atoms with van der Waals surface area (Å²) in [5.41, 5.74) is 1.99. The van der Waals surface area contributed by atoms with Gasteiger partial charge in [-0.3, -0.25) is 4.68 Å². The predicted molar refractivity (Wildman–Crippen MR) is 77.4 cm³/mol. The number of aromatic nitrogens is 2. The van der Waals surface area contributed by atoms with E-state index in [0.29, 0.717) is 6.04 Å². The smallest absolute Gasteiger partial charge is 0.0847 e. The Labute approximate surface area is 117 Å². The third-order valence-corrected chi connectivity index (χ3v) is 4.47. The van der Waals surface area contributed by atoms with Gasteiger partial charge in [0.2, 0.25) is 0 Å². The quantitative estimate of drug-likeness (QED) is 0.912. The Morgan fingerprint density at radius 1 is 1.56 bits per heavy atom. The van der Waals surface area contributed by atoms with Gasteiger partial charge in [-0.15, -0.1) is 11.3 Å². The zero-order chi connectivity index (χ0) is 13.1. The molecule has 0 fully saturated rings. The van der Waals surface area contributed by atoms with Gasteiger partial charge in [-0.2, -0.15) is 5.10 Å². The maximum atomic E-state index is 6.31. The first-order chi connectivity index (χ1) is 8.63. The molecule has 98 valence electrons. The van der Waals surface area contributed by atoms with Crippen molar-refractivity contribution < 1.29 is 0 Å². The van der Waals surface area contributed by atoms with Crippen LogP contribution < -0.4 is 5.32 Å². The van der Waals surface area contributed by atoms with Gasteiger partial charge >= 0.3 is 0 Å². The van der Waals surface area contributed by atoms with E-state index in [9.17, 15) is 0 Å². The predicted octanol–water partition coefficient (Wildman–Crippen LogP) is 3.34. The number of likely N-dealkylation sites (N-methyl/N-ethyl adjacent to an activating group) is 1. The molecule has 0 aliphatic rings. The summed E-state index contributed by atoms with van der Waals surface area (Å²) in [6.45, 7) is 5.01. The summed E-state index contributed by atoms with van der Waals surface area (Å²) in [5, 5.41) is 10.8. The number of hydrogen-bond acceptors (Lipinski definition) is 3. The lowest BCUT2D eigenvalue weighted by Crippen LogP contribution is -2.23. The second kappa shape index (κ2) is 5.87. The highest BCUT2D eigenvalue weighted by molar-refractivity contribution is 7.10. The van der Waals surface area contributed by atoms with Crippen LogP contribution in [-0.4, -0.2) is 16.3 Å². The number of nitrogens with zero attached hydrogens (tertiary/aromatic N) is 2. The fourth-order valence-electron chi connectivity index (χ4n) is 2.10. The molecule has 1 N–H and O–H groups in total. The van der Waals surface area contributed by atoms with Gasteiger partial charge in [0.25, 0.3) is 0 Å². The molecule has 18 heavy (non-hydrogen) atoms. The van der Waals surface area contributed by atoms with Crippen LogP contribution in [0.1, 0.15) is 29.2 Å². The molecule has 0 saturated heterocycles. The van der Waals surface area contributed by atoms with E-state index < -0.39 is 0 Å². The second-order valence-corrected chi connectivity index (χ2v) is 5.66. The van der Waals surface area contributed by atoms with E-state index in [-0.39, 0.29) is 0 Å². The van der Waals surface area contributed by atoms with Crippen molar-refractivity contribution in [1.82, 2.24) is 15.1 Å². The van der Waals surface area contributed by atoms with Crippen molar-refractivity contribution in [2.45, 2.75) is 26.3 Å². The molecule has 0 radical (unpaired) electrons. The van der Waals surface area contributed by atoms with Crippen molar-refractivity contribution in [3.63, 3.8) is 0 Å². The van der Waals surface area contributed by atoms with Crippen molar-refractivity contribution in [1.29, 1.82) is 0 Å². The Kier molecular flexibility index (Phi) is 4.43. The van der Waals surface area contributed by atoms with Crippen LogP contribution in [0.3, 0.4) is 0 Å². The van der Waals surface area contributed by atoms with Gasteiger partial charge in [-0.25, -0.2) is 0 Å². The molecule has 1 atom stereocenters. The average molecular weight is 284 g/mol. The van der Waals surface area contributed by atoms with Crippen LogP contribution in [0.5, 0.6) is 0 Å². The summed E-state index contributed by atoms with van der Waals surface area (Å²) in [7, 11) is 1.95. The molecule has 0 aliphatic heterocycles. The average Bonchev–Trinajstić information content (AvgIpc) is 2.93. The van der Waals surface area contributed by atoms with Gasteiger partial charge in [-0.05, 0) is 24.9 Å². The lowest BCUT2D eigenvalue weighted by atomic mass is 10.1. The molecule has 2 heterocycles. The molecule has 2 aromatic rings. The van der Waals surface area contributed by atoms with Crippen molar-refractivity contribution in [2.75, 3.05) is 6.54 Å². The molecular formula is C13H18ClN3S. The first-order valence-electron chi connectivity index (χ1n) is 6.08. The van der Waals surface area contributed by atoms with E-state index in [0.717, 1.165) is 29.4 Å². The van der Waals surface area contributed by atoms with E-state index in [1.807, 2.05) is 18.7 Å². The number of rotatable bonds is 5. The molecule has 0 aliphatic carbocycles. The van der Waals surface area contributed by atoms with Crippen LogP contribution in [0.25, 0.3) is 0 Å². The molecular weight excluding hydrogens is 266 g/mol. The highest BCUT2D eigenvalue weighted by atomic mass is 35.5. The molecule has 0 aromatic carbocycles. The zero-order valence-electron chi connectivity index (χ0n) is 10.9.